The zero-order valence-electron chi connectivity index (χ0n) is 16.1. The number of hydrogen-bond donors (Lipinski definition) is 1. The number of benzene rings is 1. The molecule has 1 aliphatic rings. The summed E-state index contributed by atoms with van der Waals surface area (Å²) in [6.07, 6.45) is 4.45. The molecule has 0 radical (unpaired) electrons. The number of hydrogen-bond acceptors (Lipinski definition) is 4. The van der Waals surface area contributed by atoms with Gasteiger partial charge in [0.25, 0.3) is 5.91 Å². The first-order valence-electron chi connectivity index (χ1n) is 9.17. The van der Waals surface area contributed by atoms with E-state index in [2.05, 4.69) is 10.3 Å². The van der Waals surface area contributed by atoms with Crippen LogP contribution in [0.5, 0.6) is 0 Å². The zero-order valence-corrected chi connectivity index (χ0v) is 16.1. The lowest BCUT2D eigenvalue weighted by atomic mass is 9.85. The van der Waals surface area contributed by atoms with Gasteiger partial charge in [-0.05, 0) is 43.5 Å². The van der Waals surface area contributed by atoms with E-state index in [1.54, 1.807) is 31.4 Å². The first-order valence-corrected chi connectivity index (χ1v) is 9.17. The minimum absolute atomic E-state index is 0.0307. The van der Waals surface area contributed by atoms with E-state index in [9.17, 15) is 9.59 Å². The van der Waals surface area contributed by atoms with Gasteiger partial charge in [0, 0.05) is 45.3 Å². The van der Waals surface area contributed by atoms with Crippen molar-refractivity contribution in [1.82, 2.24) is 14.8 Å². The van der Waals surface area contributed by atoms with Crippen LogP contribution in [0.15, 0.2) is 48.8 Å². The third-order valence-electron chi connectivity index (χ3n) is 5.00. The van der Waals surface area contributed by atoms with Gasteiger partial charge in [0.2, 0.25) is 5.91 Å². The largest absolute Gasteiger partial charge is 0.371 e. The van der Waals surface area contributed by atoms with E-state index >= 15 is 0 Å². The maximum Gasteiger partial charge on any atom is 0.255 e. The molecular weight excluding hydrogens is 340 g/mol. The number of likely N-dealkylation sites (N-methyl/N-ethyl adjacent to an activating group) is 1. The first-order chi connectivity index (χ1) is 12.9. The van der Waals surface area contributed by atoms with E-state index in [-0.39, 0.29) is 11.8 Å². The van der Waals surface area contributed by atoms with Crippen molar-refractivity contribution < 1.29 is 9.59 Å². The average molecular weight is 366 g/mol. The standard InChI is InChI=1S/C21H26N4O2/c1-16-13-17(15-22-14-16)19(26)25-11-9-21(10-12-25,20(27)24(2)3)23-18-7-5-4-6-8-18/h4-8,13-15,23H,9-12H2,1-3H3. The van der Waals surface area contributed by atoms with Crippen molar-refractivity contribution in [3.05, 3.63) is 59.9 Å². The predicted octanol–water partition coefficient (Wildman–Crippen LogP) is 2.57. The van der Waals surface area contributed by atoms with Crippen molar-refractivity contribution >= 4 is 17.5 Å². The molecule has 1 aromatic carbocycles. The number of nitrogens with zero attached hydrogens (tertiary/aromatic N) is 3. The Balaban J connectivity index is 1.77. The van der Waals surface area contributed by atoms with Gasteiger partial charge in [-0.2, -0.15) is 0 Å². The SMILES string of the molecule is Cc1cncc(C(=O)N2CCC(Nc3ccccc3)(C(=O)N(C)C)CC2)c1. The van der Waals surface area contributed by atoms with Gasteiger partial charge in [-0.25, -0.2) is 0 Å². The molecule has 0 unspecified atom stereocenters. The lowest BCUT2D eigenvalue weighted by Gasteiger charge is -2.43. The molecule has 1 N–H and O–H groups in total. The van der Waals surface area contributed by atoms with Gasteiger partial charge < -0.3 is 15.1 Å². The lowest BCUT2D eigenvalue weighted by Crippen LogP contribution is -2.58. The molecule has 0 bridgehead atoms. The summed E-state index contributed by atoms with van der Waals surface area (Å²) in [5.41, 5.74) is 1.76. The number of aromatic nitrogens is 1. The molecule has 0 saturated carbocycles. The van der Waals surface area contributed by atoms with Gasteiger partial charge in [0.1, 0.15) is 5.54 Å². The van der Waals surface area contributed by atoms with Crippen molar-refractivity contribution in [2.75, 3.05) is 32.5 Å². The second kappa shape index (κ2) is 7.78. The Kier molecular flexibility index (Phi) is 5.44. The highest BCUT2D eigenvalue weighted by atomic mass is 16.2. The molecule has 1 aliphatic heterocycles. The van der Waals surface area contributed by atoms with E-state index in [0.29, 0.717) is 31.5 Å². The van der Waals surface area contributed by atoms with Crippen LogP contribution in [-0.4, -0.2) is 59.3 Å². The number of amides is 2. The molecule has 6 heteroatoms. The molecule has 2 amide bonds. The Labute approximate surface area is 160 Å². The van der Waals surface area contributed by atoms with Crippen LogP contribution in [0.4, 0.5) is 5.69 Å². The fourth-order valence-electron chi connectivity index (χ4n) is 3.56. The Morgan fingerprint density at radius 3 is 2.37 bits per heavy atom. The summed E-state index contributed by atoms with van der Waals surface area (Å²) < 4.78 is 0. The highest BCUT2D eigenvalue weighted by Gasteiger charge is 2.43. The maximum atomic E-state index is 13.0. The third-order valence-corrected chi connectivity index (χ3v) is 5.00. The van der Waals surface area contributed by atoms with Crippen LogP contribution in [0.25, 0.3) is 0 Å². The van der Waals surface area contributed by atoms with Gasteiger partial charge in [0.05, 0.1) is 5.56 Å². The summed E-state index contributed by atoms with van der Waals surface area (Å²) >= 11 is 0. The van der Waals surface area contributed by atoms with Crippen molar-refractivity contribution in [3.8, 4) is 0 Å². The Morgan fingerprint density at radius 2 is 1.78 bits per heavy atom. The maximum absolute atomic E-state index is 13.0. The summed E-state index contributed by atoms with van der Waals surface area (Å²) in [5, 5.41) is 3.44. The number of carbonyl (C=O) groups excluding carboxylic acids is 2. The second-order valence-corrected chi connectivity index (χ2v) is 7.32. The quantitative estimate of drug-likeness (QED) is 0.903. The summed E-state index contributed by atoms with van der Waals surface area (Å²) in [6.45, 7) is 2.96. The third kappa shape index (κ3) is 4.10. The van der Waals surface area contributed by atoms with Crippen LogP contribution in [-0.2, 0) is 4.79 Å². The van der Waals surface area contributed by atoms with Crippen LogP contribution in [0.3, 0.4) is 0 Å². The van der Waals surface area contributed by atoms with E-state index in [1.165, 1.54) is 0 Å². The molecule has 6 nitrogen and oxygen atoms in total. The molecule has 0 aliphatic carbocycles. The molecule has 1 saturated heterocycles. The number of rotatable bonds is 4. The molecule has 2 heterocycles. The molecule has 142 valence electrons. The van der Waals surface area contributed by atoms with Crippen LogP contribution in [0, 0.1) is 6.92 Å². The minimum Gasteiger partial charge on any atom is -0.371 e. The molecule has 0 atom stereocenters. The second-order valence-electron chi connectivity index (χ2n) is 7.32. The zero-order chi connectivity index (χ0) is 19.4. The van der Waals surface area contributed by atoms with Crippen molar-refractivity contribution in [1.29, 1.82) is 0 Å². The Hall–Kier alpha value is -2.89. The number of carbonyl (C=O) groups is 2. The molecular formula is C21H26N4O2. The van der Waals surface area contributed by atoms with Gasteiger partial charge >= 0.3 is 0 Å². The van der Waals surface area contributed by atoms with Gasteiger partial charge in [-0.3, -0.25) is 14.6 Å². The predicted molar refractivity (Wildman–Crippen MR) is 106 cm³/mol. The number of para-hydroxylation sites is 1. The van der Waals surface area contributed by atoms with E-state index < -0.39 is 5.54 Å². The first kappa shape index (κ1) is 18.9. The van der Waals surface area contributed by atoms with Crippen LogP contribution < -0.4 is 5.32 Å². The smallest absolute Gasteiger partial charge is 0.255 e. The lowest BCUT2D eigenvalue weighted by molar-refractivity contribution is -0.135. The number of anilines is 1. The number of aryl methyl sites for hydroxylation is 1. The van der Waals surface area contributed by atoms with Crippen LogP contribution >= 0.6 is 0 Å². The van der Waals surface area contributed by atoms with Crippen molar-refractivity contribution in [2.45, 2.75) is 25.3 Å². The summed E-state index contributed by atoms with van der Waals surface area (Å²) in [7, 11) is 3.54. The average Bonchev–Trinajstić information content (AvgIpc) is 2.68. The normalized spacial score (nSPS) is 15.9. The topological polar surface area (TPSA) is 65.5 Å². The molecule has 2 aromatic rings. The highest BCUT2D eigenvalue weighted by Crippen LogP contribution is 2.29. The monoisotopic (exact) mass is 366 g/mol. The fourth-order valence-corrected chi connectivity index (χ4v) is 3.56. The summed E-state index contributed by atoms with van der Waals surface area (Å²) in [6, 6.07) is 11.6. The Morgan fingerprint density at radius 1 is 1.11 bits per heavy atom. The van der Waals surface area contributed by atoms with Gasteiger partial charge in [0.15, 0.2) is 0 Å². The number of piperidine rings is 1. The molecule has 0 spiro atoms. The number of nitrogens with one attached hydrogen (secondary N) is 1. The van der Waals surface area contributed by atoms with E-state index in [1.807, 2.05) is 48.2 Å². The van der Waals surface area contributed by atoms with E-state index in [4.69, 9.17) is 0 Å². The van der Waals surface area contributed by atoms with Crippen LogP contribution in [0.2, 0.25) is 0 Å². The minimum atomic E-state index is -0.702. The van der Waals surface area contributed by atoms with Gasteiger partial charge in [-0.15, -0.1) is 0 Å². The summed E-state index contributed by atoms with van der Waals surface area (Å²) in [5.74, 6) is 0.00693. The molecule has 3 rings (SSSR count). The molecule has 1 aromatic heterocycles. The highest BCUT2D eigenvalue weighted by molar-refractivity contribution is 5.95. The van der Waals surface area contributed by atoms with Gasteiger partial charge in [-0.1, -0.05) is 18.2 Å². The number of likely N-dealkylation sites (tertiary alicyclic amines) is 1. The van der Waals surface area contributed by atoms with Crippen molar-refractivity contribution in [3.63, 3.8) is 0 Å². The Bertz CT molecular complexity index is 812. The summed E-state index contributed by atoms with van der Waals surface area (Å²) in [4.78, 5) is 33.3. The molecule has 1 fully saturated rings. The number of pyridine rings is 1. The van der Waals surface area contributed by atoms with Crippen molar-refractivity contribution in [2.24, 2.45) is 0 Å². The fraction of sp³-hybridized carbons (Fsp3) is 0.381. The van der Waals surface area contributed by atoms with E-state index in [0.717, 1.165) is 11.3 Å². The molecule has 27 heavy (non-hydrogen) atoms. The van der Waals surface area contributed by atoms with Crippen LogP contribution in [0.1, 0.15) is 28.8 Å².